The average Bonchev–Trinajstić information content (AvgIpc) is 1.04. The van der Waals surface area contributed by atoms with E-state index in [0.29, 0.717) is 11.3 Å². The first-order valence-electron chi connectivity index (χ1n) is 39.3. The van der Waals surface area contributed by atoms with Crippen LogP contribution < -0.4 is 26.2 Å². The molecule has 2 aliphatic rings. The fourth-order valence-electron chi connectivity index (χ4n) is 16.2. The minimum atomic E-state index is -0.539. The van der Waals surface area contributed by atoms with E-state index in [1.54, 1.807) is 15.9 Å². The van der Waals surface area contributed by atoms with Gasteiger partial charge in [0.15, 0.2) is 0 Å². The van der Waals surface area contributed by atoms with Crippen molar-refractivity contribution in [1.29, 1.82) is 0 Å². The van der Waals surface area contributed by atoms with E-state index in [-0.39, 0.29) is 38.1 Å². The molecule has 0 spiro atoms. The summed E-state index contributed by atoms with van der Waals surface area (Å²) in [6, 6.07) is 85.9. The number of rotatable bonds is 8. The normalized spacial score (nSPS) is 14.2. The largest absolute Gasteiger partial charge is 0.455 e. The van der Waals surface area contributed by atoms with Gasteiger partial charge in [0.25, 0.3) is 6.71 Å². The van der Waals surface area contributed by atoms with Crippen LogP contribution in [0, 0.1) is 0 Å². The van der Waals surface area contributed by atoms with Gasteiger partial charge < -0.3 is 18.8 Å². The van der Waals surface area contributed by atoms with Gasteiger partial charge in [0, 0.05) is 86.7 Å². The standard InChI is InChI=1S/C96H76BN3OS/c1-94(2,3)65-47-48-76-81(54-65)100(92-73(59-30-14-10-15-31-59)57-75-71-40-24-28-44-84(71)101-93(75)88(92)62-36-20-13-21-37-62)83-56-68(98-78-42-26-22-38-69(78)70-39-23-27-43-79(70)98)55-82-90(83)97(76)77-52-63(64-50-66(95(4,5)6)53-67(51-64)96(7,8)9)46-49-80(77)99(82)91-74(60-32-16-11-17-33-60)58-86-89(72-41-25-29-45-85(72)102-86)87(91)61-34-18-12-19-35-61/h10-58H,1-9H3/i22D,23D,26D,27D,38D,39D,42D,43D. The molecular formula is C96H76BN3OS. The van der Waals surface area contributed by atoms with Crippen LogP contribution in [-0.2, 0) is 16.2 Å². The van der Waals surface area contributed by atoms with Crippen molar-refractivity contribution in [3.63, 3.8) is 0 Å². The Bertz CT molecular complexity index is 6660. The van der Waals surface area contributed by atoms with Crippen molar-refractivity contribution in [1.82, 2.24) is 4.57 Å². The molecule has 2 aliphatic heterocycles. The number of furan rings is 1. The molecule has 0 amide bonds. The second-order valence-corrected chi connectivity index (χ2v) is 31.7. The van der Waals surface area contributed by atoms with Crippen LogP contribution in [0.2, 0.25) is 0 Å². The van der Waals surface area contributed by atoms with Crippen LogP contribution in [-0.4, -0.2) is 11.3 Å². The van der Waals surface area contributed by atoms with Gasteiger partial charge >= 0.3 is 0 Å². The van der Waals surface area contributed by atoms with Gasteiger partial charge in [-0.2, -0.15) is 0 Å². The lowest BCUT2D eigenvalue weighted by Crippen LogP contribution is -2.61. The molecule has 14 aromatic carbocycles. The number of thiophene rings is 1. The maximum atomic E-state index is 10.2. The minimum absolute atomic E-state index is 0.0127. The van der Waals surface area contributed by atoms with E-state index < -0.39 is 55.1 Å². The zero-order valence-electron chi connectivity index (χ0n) is 66.4. The quantitative estimate of drug-likeness (QED) is 0.142. The van der Waals surface area contributed by atoms with Crippen molar-refractivity contribution >= 4 is 132 Å². The second kappa shape index (κ2) is 23.1. The Morgan fingerprint density at radius 1 is 0.363 bits per heavy atom. The number of nitrogens with zero attached hydrogens (tertiary/aromatic N) is 3. The van der Waals surface area contributed by atoms with Crippen molar-refractivity contribution in [2.45, 2.75) is 78.6 Å². The molecule has 102 heavy (non-hydrogen) atoms. The highest BCUT2D eigenvalue weighted by molar-refractivity contribution is 7.26. The average molecular weight is 1340 g/mol. The minimum Gasteiger partial charge on any atom is -0.455 e. The molecule has 0 aliphatic carbocycles. The van der Waals surface area contributed by atoms with Crippen LogP contribution >= 0.6 is 11.3 Å². The summed E-state index contributed by atoms with van der Waals surface area (Å²) in [6.07, 6.45) is 0. The van der Waals surface area contributed by atoms with Gasteiger partial charge in [-0.25, -0.2) is 0 Å². The lowest BCUT2D eigenvalue weighted by molar-refractivity contribution is 0.569. The molecule has 4 nitrogen and oxygen atoms in total. The van der Waals surface area contributed by atoms with Gasteiger partial charge in [-0.05, 0) is 143 Å². The highest BCUT2D eigenvalue weighted by atomic mass is 32.1. The fourth-order valence-corrected chi connectivity index (χ4v) is 17.4. The zero-order valence-corrected chi connectivity index (χ0v) is 59.2. The third kappa shape index (κ3) is 9.70. The number of para-hydroxylation sites is 3. The van der Waals surface area contributed by atoms with Crippen LogP contribution in [0.5, 0.6) is 0 Å². The van der Waals surface area contributed by atoms with Gasteiger partial charge in [-0.1, -0.05) is 299 Å². The zero-order chi connectivity index (χ0) is 76.0. The second-order valence-electron chi connectivity index (χ2n) is 30.6. The van der Waals surface area contributed by atoms with Crippen molar-refractivity contribution in [2.75, 3.05) is 9.80 Å². The van der Waals surface area contributed by atoms with E-state index in [1.165, 1.54) is 11.1 Å². The van der Waals surface area contributed by atoms with Gasteiger partial charge in [0.1, 0.15) is 11.2 Å². The Hall–Kier alpha value is -11.4. The van der Waals surface area contributed by atoms with E-state index in [0.717, 1.165) is 148 Å². The van der Waals surface area contributed by atoms with Gasteiger partial charge in [-0.3, -0.25) is 0 Å². The predicted molar refractivity (Wildman–Crippen MR) is 438 cm³/mol. The van der Waals surface area contributed by atoms with E-state index in [2.05, 4.69) is 297 Å². The molecule has 0 saturated carbocycles. The molecule has 0 bridgehead atoms. The summed E-state index contributed by atoms with van der Waals surface area (Å²) < 4.78 is 89.3. The SMILES string of the molecule is [2H]c1c([2H])c([2H])c2c(c1[2H])c1c([2H])c([2H])c([2H])c([2H])c1n2-c1cc2c3c(c1)N(c1c(-c4ccccc4)cc4sc5ccccc5c4c1-c1ccccc1)c1ccc(-c4cc(C(C)(C)C)cc(C(C)(C)C)c4)cc1B3c1ccc(C(C)(C)C)cc1N2c1c(-c2ccccc2)cc2c(oc3ccccc32)c1-c1ccccc1. The summed E-state index contributed by atoms with van der Waals surface area (Å²) in [5, 5.41) is 4.05. The molecule has 0 unspecified atom stereocenters. The molecule has 0 radical (unpaired) electrons. The smallest absolute Gasteiger partial charge is 0.252 e. The first-order chi connectivity index (χ1) is 52.8. The number of aromatic nitrogens is 1. The lowest BCUT2D eigenvalue weighted by atomic mass is 9.33. The Morgan fingerprint density at radius 3 is 1.49 bits per heavy atom. The van der Waals surface area contributed by atoms with Crippen LogP contribution in [0.1, 0.15) is 90.0 Å². The first-order valence-corrected chi connectivity index (χ1v) is 36.1. The Kier molecular flexibility index (Phi) is 12.1. The summed E-state index contributed by atoms with van der Waals surface area (Å²) in [5.74, 6) is 0. The van der Waals surface area contributed by atoms with Crippen molar-refractivity contribution in [3.8, 4) is 61.3 Å². The van der Waals surface area contributed by atoms with Crippen LogP contribution in [0.15, 0.2) is 301 Å². The van der Waals surface area contributed by atoms with E-state index >= 15 is 0 Å². The molecular weight excluding hydrogens is 1250 g/mol. The molecule has 19 rings (SSSR count). The number of hydrogen-bond donors (Lipinski definition) is 0. The van der Waals surface area contributed by atoms with E-state index in [9.17, 15) is 11.0 Å². The van der Waals surface area contributed by atoms with Gasteiger partial charge in [0.05, 0.1) is 39.1 Å². The molecule has 3 aromatic heterocycles. The number of benzene rings is 14. The topological polar surface area (TPSA) is 24.6 Å². The molecule has 5 heterocycles. The third-order valence-electron chi connectivity index (χ3n) is 21.2. The summed E-state index contributed by atoms with van der Waals surface area (Å²) in [6.45, 7) is 20.0. The molecule has 490 valence electrons. The summed E-state index contributed by atoms with van der Waals surface area (Å²) in [7, 11) is 0. The monoisotopic (exact) mass is 1340 g/mol. The number of fused-ring (bicyclic) bond motifs is 13. The highest BCUT2D eigenvalue weighted by Crippen LogP contribution is 2.58. The Morgan fingerprint density at radius 2 is 0.882 bits per heavy atom. The lowest BCUT2D eigenvalue weighted by Gasteiger charge is -2.46. The maximum absolute atomic E-state index is 10.2. The van der Waals surface area contributed by atoms with Gasteiger partial charge in [0.2, 0.25) is 0 Å². The fraction of sp³-hybridized carbons (Fsp3) is 0.125. The number of hydrogen-bond acceptors (Lipinski definition) is 4. The molecule has 0 N–H and O–H groups in total. The molecule has 6 heteroatoms. The summed E-state index contributed by atoms with van der Waals surface area (Å²) in [4.78, 5) is 4.92. The predicted octanol–water partition coefficient (Wildman–Crippen LogP) is 25.4. The van der Waals surface area contributed by atoms with Crippen molar-refractivity contribution in [3.05, 3.63) is 314 Å². The van der Waals surface area contributed by atoms with Crippen molar-refractivity contribution in [2.24, 2.45) is 0 Å². The Labute approximate surface area is 612 Å². The number of anilines is 6. The molecule has 0 fully saturated rings. The molecule has 17 aromatic rings. The molecule has 0 atom stereocenters. The first kappa shape index (κ1) is 53.5. The molecule has 0 saturated heterocycles. The van der Waals surface area contributed by atoms with Crippen molar-refractivity contribution < 1.29 is 15.4 Å². The van der Waals surface area contributed by atoms with Crippen LogP contribution in [0.3, 0.4) is 0 Å². The summed E-state index contributed by atoms with van der Waals surface area (Å²) >= 11 is 1.77. The maximum Gasteiger partial charge on any atom is 0.252 e. The summed E-state index contributed by atoms with van der Waals surface area (Å²) in [5.41, 5.74) is 22.2. The highest BCUT2D eigenvalue weighted by Gasteiger charge is 2.47. The van der Waals surface area contributed by atoms with Gasteiger partial charge in [-0.15, -0.1) is 11.3 Å². The van der Waals surface area contributed by atoms with E-state index in [1.807, 2.05) is 24.3 Å². The Balaban J connectivity index is 1.08. The van der Waals surface area contributed by atoms with Crippen LogP contribution in [0.25, 0.3) is 125 Å². The third-order valence-corrected chi connectivity index (χ3v) is 22.3. The van der Waals surface area contributed by atoms with E-state index in [4.69, 9.17) is 4.42 Å². The van der Waals surface area contributed by atoms with Crippen LogP contribution in [0.4, 0.5) is 34.1 Å².